The summed E-state index contributed by atoms with van der Waals surface area (Å²) in [5, 5.41) is 3.47. The van der Waals surface area contributed by atoms with Gasteiger partial charge < -0.3 is 19.5 Å². The van der Waals surface area contributed by atoms with Crippen molar-refractivity contribution in [3.63, 3.8) is 0 Å². The summed E-state index contributed by atoms with van der Waals surface area (Å²) in [6, 6.07) is 8.09. The molecular weight excluding hydrogens is 365 g/mol. The summed E-state index contributed by atoms with van der Waals surface area (Å²) in [5.74, 6) is 1.01. The van der Waals surface area contributed by atoms with E-state index in [2.05, 4.69) is 5.32 Å². The van der Waals surface area contributed by atoms with Crippen LogP contribution in [-0.4, -0.2) is 26.7 Å². The highest BCUT2D eigenvalue weighted by Gasteiger charge is 2.16. The normalized spacial score (nSPS) is 10.3. The first kappa shape index (κ1) is 19.2. The Morgan fingerprint density at radius 1 is 1.04 bits per heavy atom. The Morgan fingerprint density at radius 2 is 1.76 bits per heavy atom. The molecule has 0 radical (unpaired) electrons. The maximum Gasteiger partial charge on any atom is 0.255 e. The van der Waals surface area contributed by atoms with E-state index in [9.17, 15) is 4.79 Å². The van der Waals surface area contributed by atoms with Gasteiger partial charge in [0.05, 0.1) is 30.9 Å². The number of carbonyl (C=O) groups is 1. The van der Waals surface area contributed by atoms with E-state index in [1.54, 1.807) is 24.3 Å². The molecule has 0 fully saturated rings. The second-order valence-corrected chi connectivity index (χ2v) is 5.96. The molecule has 134 valence electrons. The first-order valence-corrected chi connectivity index (χ1v) is 8.41. The smallest absolute Gasteiger partial charge is 0.255 e. The lowest BCUT2D eigenvalue weighted by molar-refractivity contribution is 0.102. The number of benzene rings is 2. The third-order valence-electron chi connectivity index (χ3n) is 3.35. The second-order valence-electron chi connectivity index (χ2n) is 5.14. The molecule has 0 aromatic heterocycles. The highest BCUT2D eigenvalue weighted by molar-refractivity contribution is 6.33. The van der Waals surface area contributed by atoms with Crippen LogP contribution in [0.2, 0.25) is 10.0 Å². The van der Waals surface area contributed by atoms with E-state index in [0.717, 1.165) is 6.42 Å². The maximum atomic E-state index is 12.5. The standard InChI is InChI=1S/C18H19Cl2NO4/c1-4-7-25-17-14(20)8-11(9-16(17)24-3)18(22)21-12-5-6-15(23-2)13(19)10-12/h5-6,8-10H,4,7H2,1-3H3,(H,21,22). The monoisotopic (exact) mass is 383 g/mol. The molecule has 2 rings (SSSR count). The van der Waals surface area contributed by atoms with Gasteiger partial charge in [0.1, 0.15) is 5.75 Å². The lowest BCUT2D eigenvalue weighted by atomic mass is 10.1. The number of hydrogen-bond donors (Lipinski definition) is 1. The zero-order valence-electron chi connectivity index (χ0n) is 14.2. The van der Waals surface area contributed by atoms with Crippen molar-refractivity contribution in [2.45, 2.75) is 13.3 Å². The van der Waals surface area contributed by atoms with E-state index in [0.29, 0.717) is 45.2 Å². The number of hydrogen-bond acceptors (Lipinski definition) is 4. The van der Waals surface area contributed by atoms with E-state index in [1.165, 1.54) is 20.3 Å². The molecule has 0 spiro atoms. The van der Waals surface area contributed by atoms with Crippen molar-refractivity contribution >= 4 is 34.8 Å². The van der Waals surface area contributed by atoms with Crippen LogP contribution in [0.4, 0.5) is 5.69 Å². The molecule has 0 unspecified atom stereocenters. The van der Waals surface area contributed by atoms with Crippen molar-refractivity contribution in [3.05, 3.63) is 45.9 Å². The lowest BCUT2D eigenvalue weighted by Crippen LogP contribution is -2.12. The van der Waals surface area contributed by atoms with Gasteiger partial charge in [-0.05, 0) is 36.8 Å². The van der Waals surface area contributed by atoms with Crippen LogP contribution < -0.4 is 19.5 Å². The summed E-state index contributed by atoms with van der Waals surface area (Å²) < 4.78 is 16.0. The largest absolute Gasteiger partial charge is 0.495 e. The minimum atomic E-state index is -0.344. The molecule has 2 aromatic carbocycles. The molecule has 1 amide bonds. The molecule has 0 saturated heterocycles. The van der Waals surface area contributed by atoms with Crippen LogP contribution >= 0.6 is 23.2 Å². The number of rotatable bonds is 7. The van der Waals surface area contributed by atoms with Crippen LogP contribution in [0.3, 0.4) is 0 Å². The summed E-state index contributed by atoms with van der Waals surface area (Å²) in [6.45, 7) is 2.49. The second kappa shape index (κ2) is 8.83. The summed E-state index contributed by atoms with van der Waals surface area (Å²) in [4.78, 5) is 12.5. The van der Waals surface area contributed by atoms with E-state index in [-0.39, 0.29) is 5.91 Å². The fraction of sp³-hybridized carbons (Fsp3) is 0.278. The molecule has 2 aromatic rings. The fourth-order valence-electron chi connectivity index (χ4n) is 2.14. The molecule has 0 aliphatic carbocycles. The Kier molecular flexibility index (Phi) is 6.79. The molecule has 1 N–H and O–H groups in total. The summed E-state index contributed by atoms with van der Waals surface area (Å²) in [6.07, 6.45) is 0.833. The molecule has 0 bridgehead atoms. The Morgan fingerprint density at radius 3 is 2.36 bits per heavy atom. The van der Waals surface area contributed by atoms with Crippen molar-refractivity contribution < 1.29 is 19.0 Å². The van der Waals surface area contributed by atoms with Gasteiger partial charge in [-0.25, -0.2) is 0 Å². The van der Waals surface area contributed by atoms with Gasteiger partial charge in [0, 0.05) is 11.3 Å². The molecule has 0 aliphatic rings. The first-order chi connectivity index (χ1) is 12.0. The SMILES string of the molecule is CCCOc1c(Cl)cc(C(=O)Nc2ccc(OC)c(Cl)c2)cc1OC. The number of halogens is 2. The molecular formula is C18H19Cl2NO4. The van der Waals surface area contributed by atoms with Crippen molar-refractivity contribution in [3.8, 4) is 17.2 Å². The predicted octanol–water partition coefficient (Wildman–Crippen LogP) is 5.05. The van der Waals surface area contributed by atoms with Gasteiger partial charge >= 0.3 is 0 Å². The van der Waals surface area contributed by atoms with Gasteiger partial charge in [-0.15, -0.1) is 0 Å². The molecule has 0 saturated carbocycles. The molecule has 0 aliphatic heterocycles. The Balaban J connectivity index is 2.24. The fourth-order valence-corrected chi connectivity index (χ4v) is 2.67. The van der Waals surface area contributed by atoms with Gasteiger partial charge in [-0.1, -0.05) is 30.1 Å². The number of ether oxygens (including phenoxy) is 3. The van der Waals surface area contributed by atoms with E-state index in [1.807, 2.05) is 6.92 Å². The van der Waals surface area contributed by atoms with Crippen molar-refractivity contribution in [1.82, 2.24) is 0 Å². The third-order valence-corrected chi connectivity index (χ3v) is 3.93. The van der Waals surface area contributed by atoms with E-state index < -0.39 is 0 Å². The van der Waals surface area contributed by atoms with Crippen LogP contribution in [0.15, 0.2) is 30.3 Å². The first-order valence-electron chi connectivity index (χ1n) is 7.65. The van der Waals surface area contributed by atoms with Gasteiger partial charge in [0.15, 0.2) is 11.5 Å². The highest BCUT2D eigenvalue weighted by atomic mass is 35.5. The number of amides is 1. The predicted molar refractivity (Wildman–Crippen MR) is 99.7 cm³/mol. The van der Waals surface area contributed by atoms with Crippen LogP contribution in [0, 0.1) is 0 Å². The zero-order chi connectivity index (χ0) is 18.4. The molecule has 25 heavy (non-hydrogen) atoms. The molecule has 0 heterocycles. The van der Waals surface area contributed by atoms with Crippen LogP contribution in [0.25, 0.3) is 0 Å². The van der Waals surface area contributed by atoms with E-state index in [4.69, 9.17) is 37.4 Å². The molecule has 0 atom stereocenters. The molecule has 5 nitrogen and oxygen atoms in total. The van der Waals surface area contributed by atoms with Gasteiger partial charge in [-0.2, -0.15) is 0 Å². The van der Waals surface area contributed by atoms with Crippen LogP contribution in [0.5, 0.6) is 17.2 Å². The summed E-state index contributed by atoms with van der Waals surface area (Å²) in [5.41, 5.74) is 0.884. The average molecular weight is 384 g/mol. The quantitative estimate of drug-likeness (QED) is 0.726. The Labute approximate surface area is 156 Å². The zero-order valence-corrected chi connectivity index (χ0v) is 15.7. The number of methoxy groups -OCH3 is 2. The summed E-state index contributed by atoms with van der Waals surface area (Å²) >= 11 is 12.3. The topological polar surface area (TPSA) is 56.8 Å². The van der Waals surface area contributed by atoms with Crippen molar-refractivity contribution in [2.24, 2.45) is 0 Å². The molecule has 7 heteroatoms. The minimum absolute atomic E-state index is 0.311. The maximum absolute atomic E-state index is 12.5. The van der Waals surface area contributed by atoms with Crippen molar-refractivity contribution in [1.29, 1.82) is 0 Å². The highest BCUT2D eigenvalue weighted by Crippen LogP contribution is 2.37. The Hall–Kier alpha value is -2.11. The minimum Gasteiger partial charge on any atom is -0.495 e. The van der Waals surface area contributed by atoms with Gasteiger partial charge in [0.2, 0.25) is 0 Å². The number of anilines is 1. The van der Waals surface area contributed by atoms with E-state index >= 15 is 0 Å². The lowest BCUT2D eigenvalue weighted by Gasteiger charge is -2.14. The summed E-state index contributed by atoms with van der Waals surface area (Å²) in [7, 11) is 3.02. The average Bonchev–Trinajstić information content (AvgIpc) is 2.60. The van der Waals surface area contributed by atoms with Gasteiger partial charge in [-0.3, -0.25) is 4.79 Å². The number of carbonyl (C=O) groups excluding carboxylic acids is 1. The Bertz CT molecular complexity index is 765. The number of nitrogens with one attached hydrogen (secondary N) is 1. The third kappa shape index (κ3) is 4.71. The van der Waals surface area contributed by atoms with Crippen molar-refractivity contribution in [2.75, 3.05) is 26.1 Å². The van der Waals surface area contributed by atoms with Gasteiger partial charge in [0.25, 0.3) is 5.91 Å². The van der Waals surface area contributed by atoms with Crippen LogP contribution in [-0.2, 0) is 0 Å². The van der Waals surface area contributed by atoms with Crippen LogP contribution in [0.1, 0.15) is 23.7 Å².